The second kappa shape index (κ2) is 14.3. The Bertz CT molecular complexity index is 2230. The number of aromatic nitrogens is 2. The zero-order chi connectivity index (χ0) is 37.1. The molecule has 19 heteroatoms. The Morgan fingerprint density at radius 3 is 1.94 bits per heavy atom. The Balaban J connectivity index is 1.79. The van der Waals surface area contributed by atoms with Crippen LogP contribution in [0.25, 0.3) is 11.8 Å². The normalized spacial score (nSPS) is 14.8. The maximum absolute atomic E-state index is 13.5. The van der Waals surface area contributed by atoms with Gasteiger partial charge in [0, 0.05) is 24.9 Å². The molecule has 0 radical (unpaired) electrons. The highest BCUT2D eigenvalue weighted by atomic mass is 32.2. The number of likely N-dealkylation sites (N-methyl/N-ethyl adjacent to an activating group) is 1. The Labute approximate surface area is 285 Å². The molecule has 0 fully saturated rings. The molecule has 1 aliphatic heterocycles. The van der Waals surface area contributed by atoms with Crippen molar-refractivity contribution < 1.29 is 55.9 Å². The molecule has 0 saturated heterocycles. The molecule has 1 aliphatic rings. The van der Waals surface area contributed by atoms with E-state index in [1.807, 2.05) is 0 Å². The van der Waals surface area contributed by atoms with E-state index in [0.717, 1.165) is 59.5 Å². The number of carbonyl (C=O) groups is 4. The fraction of sp³-hybridized carbons (Fsp3) is 0.161. The third-order valence-electron chi connectivity index (χ3n) is 7.23. The summed E-state index contributed by atoms with van der Waals surface area (Å²) in [6.07, 6.45) is 5.36. The minimum atomic E-state index is -4.55. The zero-order valence-electron chi connectivity index (χ0n) is 26.4. The minimum Gasteiger partial charge on any atom is -0.493 e. The van der Waals surface area contributed by atoms with Crippen LogP contribution < -0.4 is 5.01 Å². The third kappa shape index (κ3) is 7.69. The van der Waals surface area contributed by atoms with Gasteiger partial charge in [-0.3, -0.25) is 14.1 Å². The number of aromatic carboxylic acids is 1. The molecule has 0 atom stereocenters. The Kier molecular flexibility index (Phi) is 10.5. The van der Waals surface area contributed by atoms with E-state index in [-0.39, 0.29) is 40.5 Å². The van der Waals surface area contributed by atoms with Gasteiger partial charge in [0.25, 0.3) is 21.9 Å². The molecule has 0 aliphatic carbocycles. The van der Waals surface area contributed by atoms with Crippen LogP contribution in [0, 0.1) is 0 Å². The number of allylic oxidation sites excluding steroid dienone is 2. The molecule has 2 amide bonds. The monoisotopic (exact) mass is 727 g/mol. The highest BCUT2D eigenvalue weighted by Crippen LogP contribution is 2.29. The van der Waals surface area contributed by atoms with Gasteiger partial charge in [0.1, 0.15) is 0 Å². The summed E-state index contributed by atoms with van der Waals surface area (Å²) in [6.45, 7) is 3.85. The standard InChI is InChI=1S/C31H29N5O12S2/c1-4-34(5-2)27(37)18(6-16-23-25(30(40)41)32-35(28(23)38)19-8-12-21(13-9-19)49(3,44)45)7-17-24-26(31(42)43)33-36(29(24)39)20-10-14-22(15-11-20)50(46,47)48/h6-17,38H,4-5H2,1-3H3,(H,40,41)(H,42,43)(H,46,47,48)/b16-6+,18-7+,24-17+. The third-order valence-corrected chi connectivity index (χ3v) is 9.22. The highest BCUT2D eigenvalue weighted by Gasteiger charge is 2.35. The fourth-order valence-corrected chi connectivity index (χ4v) is 5.75. The van der Waals surface area contributed by atoms with Crippen molar-refractivity contribution in [1.29, 1.82) is 0 Å². The van der Waals surface area contributed by atoms with E-state index in [1.54, 1.807) is 13.8 Å². The number of benzene rings is 2. The zero-order valence-corrected chi connectivity index (χ0v) is 28.1. The van der Waals surface area contributed by atoms with Crippen molar-refractivity contribution in [1.82, 2.24) is 14.7 Å². The van der Waals surface area contributed by atoms with Crippen LogP contribution in [0.4, 0.5) is 5.69 Å². The molecule has 17 nitrogen and oxygen atoms in total. The number of sulfone groups is 1. The summed E-state index contributed by atoms with van der Waals surface area (Å²) in [5.41, 5.74) is -2.22. The van der Waals surface area contributed by atoms with Crippen LogP contribution in [0.5, 0.6) is 5.88 Å². The molecule has 0 saturated carbocycles. The van der Waals surface area contributed by atoms with Crippen molar-refractivity contribution in [2.45, 2.75) is 23.6 Å². The minimum absolute atomic E-state index is 0.0275. The molecule has 0 bridgehead atoms. The number of carbonyl (C=O) groups excluding carboxylic acids is 2. The van der Waals surface area contributed by atoms with Gasteiger partial charge in [-0.15, -0.1) is 0 Å². The predicted octanol–water partition coefficient (Wildman–Crippen LogP) is 2.15. The number of carboxylic acids is 2. The average Bonchev–Trinajstić information content (AvgIpc) is 3.57. The van der Waals surface area contributed by atoms with Crippen molar-refractivity contribution in [2.24, 2.45) is 5.10 Å². The van der Waals surface area contributed by atoms with Crippen molar-refractivity contribution in [2.75, 3.05) is 24.4 Å². The molecule has 4 rings (SSSR count). The van der Waals surface area contributed by atoms with Crippen LogP contribution in [0.2, 0.25) is 0 Å². The first-order valence-corrected chi connectivity index (χ1v) is 17.7. The lowest BCUT2D eigenvalue weighted by atomic mass is 10.1. The van der Waals surface area contributed by atoms with Gasteiger partial charge >= 0.3 is 11.9 Å². The fourth-order valence-electron chi connectivity index (χ4n) is 4.64. The van der Waals surface area contributed by atoms with Gasteiger partial charge in [-0.25, -0.2) is 18.0 Å². The van der Waals surface area contributed by atoms with Crippen molar-refractivity contribution in [3.05, 3.63) is 89.2 Å². The maximum Gasteiger partial charge on any atom is 0.357 e. The molecular formula is C31H29N5O12S2. The largest absolute Gasteiger partial charge is 0.493 e. The van der Waals surface area contributed by atoms with Gasteiger partial charge in [0.2, 0.25) is 5.88 Å². The maximum atomic E-state index is 13.5. The SMILES string of the molecule is CCN(CC)C(=O)C(/C=C/c1c(C(=O)O)nn(-c2ccc(S(C)(=O)=O)cc2)c1O)=C/C=C1/C(=O)N(c2ccc(S(=O)(=O)O)cc2)N=C1C(=O)O. The average molecular weight is 728 g/mol. The first-order valence-electron chi connectivity index (χ1n) is 14.4. The first kappa shape index (κ1) is 36.9. The quantitative estimate of drug-likeness (QED) is 0.119. The topological polar surface area (TPSA) is 254 Å². The van der Waals surface area contributed by atoms with E-state index in [9.17, 15) is 55.9 Å². The number of hydrogen-bond acceptors (Lipinski definition) is 11. The van der Waals surface area contributed by atoms with E-state index in [1.165, 1.54) is 29.2 Å². The molecule has 2 aromatic carbocycles. The number of aliphatic carboxylic acids is 1. The molecule has 4 N–H and O–H groups in total. The number of rotatable bonds is 12. The van der Waals surface area contributed by atoms with E-state index < -0.39 is 71.5 Å². The Morgan fingerprint density at radius 1 is 0.880 bits per heavy atom. The first-order chi connectivity index (χ1) is 23.4. The number of hydrogen-bond donors (Lipinski definition) is 4. The molecule has 3 aromatic rings. The molecule has 1 aromatic heterocycles. The number of amides is 2. The van der Waals surface area contributed by atoms with Gasteiger partial charge in [-0.05, 0) is 86.7 Å². The molecule has 2 heterocycles. The van der Waals surface area contributed by atoms with Crippen LogP contribution in [0.1, 0.15) is 29.9 Å². The van der Waals surface area contributed by atoms with E-state index in [4.69, 9.17) is 0 Å². The summed E-state index contributed by atoms with van der Waals surface area (Å²) in [7, 11) is -8.10. The lowest BCUT2D eigenvalue weighted by Gasteiger charge is -2.19. The summed E-state index contributed by atoms with van der Waals surface area (Å²) in [5, 5.41) is 39.0. The van der Waals surface area contributed by atoms with Gasteiger partial charge in [-0.1, -0.05) is 0 Å². The molecule has 0 spiro atoms. The smallest absolute Gasteiger partial charge is 0.357 e. The molecule has 0 unspecified atom stereocenters. The van der Waals surface area contributed by atoms with Gasteiger partial charge in [0.15, 0.2) is 21.2 Å². The second-order valence-electron chi connectivity index (χ2n) is 10.4. The lowest BCUT2D eigenvalue weighted by molar-refractivity contribution is -0.129. The Hall–Kier alpha value is -5.92. The van der Waals surface area contributed by atoms with Crippen molar-refractivity contribution in [3.63, 3.8) is 0 Å². The summed E-state index contributed by atoms with van der Waals surface area (Å²) < 4.78 is 56.5. The van der Waals surface area contributed by atoms with Crippen molar-refractivity contribution in [3.8, 4) is 11.6 Å². The molecule has 262 valence electrons. The second-order valence-corrected chi connectivity index (χ2v) is 13.9. The number of nitrogens with zero attached hydrogens (tertiary/aromatic N) is 5. The van der Waals surface area contributed by atoms with E-state index in [2.05, 4.69) is 10.2 Å². The Morgan fingerprint density at radius 2 is 1.44 bits per heavy atom. The van der Waals surface area contributed by atoms with E-state index in [0.29, 0.717) is 5.01 Å². The van der Waals surface area contributed by atoms with Crippen LogP contribution in [0.15, 0.2) is 92.8 Å². The summed E-state index contributed by atoms with van der Waals surface area (Å²) in [4.78, 5) is 51.8. The summed E-state index contributed by atoms with van der Waals surface area (Å²) >= 11 is 0. The lowest BCUT2D eigenvalue weighted by Crippen LogP contribution is -2.31. The van der Waals surface area contributed by atoms with Gasteiger partial charge in [-0.2, -0.15) is 28.3 Å². The van der Waals surface area contributed by atoms with Crippen LogP contribution in [0.3, 0.4) is 0 Å². The summed E-state index contributed by atoms with van der Waals surface area (Å²) in [6, 6.07) is 9.29. The van der Waals surface area contributed by atoms with Gasteiger partial charge in [0.05, 0.1) is 32.3 Å². The molecule has 50 heavy (non-hydrogen) atoms. The van der Waals surface area contributed by atoms with Gasteiger partial charge < -0.3 is 20.2 Å². The summed E-state index contributed by atoms with van der Waals surface area (Å²) in [5.74, 6) is -5.38. The number of aromatic hydroxyl groups is 1. The van der Waals surface area contributed by atoms with Crippen LogP contribution in [-0.4, -0.2) is 100 Å². The highest BCUT2D eigenvalue weighted by molar-refractivity contribution is 7.90. The predicted molar refractivity (Wildman–Crippen MR) is 177 cm³/mol. The van der Waals surface area contributed by atoms with Crippen LogP contribution in [-0.2, 0) is 34.3 Å². The van der Waals surface area contributed by atoms with Crippen LogP contribution >= 0.6 is 0 Å². The number of anilines is 1. The number of hydrazone groups is 1. The molecular weight excluding hydrogens is 698 g/mol. The van der Waals surface area contributed by atoms with Crippen molar-refractivity contribution >= 4 is 61.2 Å². The number of carboxylic acid groups (broad SMARTS) is 2. The van der Waals surface area contributed by atoms with E-state index >= 15 is 0 Å².